The van der Waals surface area contributed by atoms with Crippen LogP contribution in [-0.2, 0) is 14.8 Å². The zero-order valence-electron chi connectivity index (χ0n) is 14.9. The molecule has 0 aromatic heterocycles. The molecular formula is C17H26N2O4S2. The van der Waals surface area contributed by atoms with Crippen LogP contribution in [0.2, 0.25) is 0 Å². The quantitative estimate of drug-likeness (QED) is 0.780. The summed E-state index contributed by atoms with van der Waals surface area (Å²) in [6.45, 7) is 5.03. The maximum atomic E-state index is 13.0. The number of piperidine rings is 1. The first-order valence-electron chi connectivity index (χ1n) is 8.50. The Morgan fingerprint density at radius 2 is 2.00 bits per heavy atom. The Kier molecular flexibility index (Phi) is 7.15. The highest BCUT2D eigenvalue weighted by atomic mass is 32.2. The zero-order chi connectivity index (χ0) is 18.4. The summed E-state index contributed by atoms with van der Waals surface area (Å²) in [4.78, 5) is 12.2. The Bertz CT molecular complexity index is 701. The van der Waals surface area contributed by atoms with E-state index in [-0.39, 0.29) is 16.1 Å². The molecule has 6 nitrogen and oxygen atoms in total. The number of thioether (sulfide) groups is 1. The van der Waals surface area contributed by atoms with Crippen molar-refractivity contribution in [3.8, 4) is 5.75 Å². The monoisotopic (exact) mass is 386 g/mol. The fraction of sp³-hybridized carbons (Fsp3) is 0.588. The highest BCUT2D eigenvalue weighted by Gasteiger charge is 2.29. The molecule has 1 atom stereocenters. The topological polar surface area (TPSA) is 75.7 Å². The van der Waals surface area contributed by atoms with Crippen molar-refractivity contribution in [2.45, 2.75) is 43.3 Å². The Balaban J connectivity index is 2.36. The van der Waals surface area contributed by atoms with Crippen molar-refractivity contribution in [3.05, 3.63) is 18.2 Å². The Morgan fingerprint density at radius 3 is 2.60 bits per heavy atom. The summed E-state index contributed by atoms with van der Waals surface area (Å²) in [5.41, 5.74) is 0.463. The molecule has 1 aromatic carbocycles. The molecule has 1 heterocycles. The molecular weight excluding hydrogens is 360 g/mol. The third-order valence-electron chi connectivity index (χ3n) is 4.17. The van der Waals surface area contributed by atoms with E-state index in [1.54, 1.807) is 19.1 Å². The van der Waals surface area contributed by atoms with Crippen LogP contribution in [0.5, 0.6) is 5.75 Å². The summed E-state index contributed by atoms with van der Waals surface area (Å²) in [6, 6.07) is 4.78. The maximum absolute atomic E-state index is 13.0. The van der Waals surface area contributed by atoms with E-state index in [2.05, 4.69) is 5.32 Å². The molecule has 0 saturated carbocycles. The van der Waals surface area contributed by atoms with E-state index >= 15 is 0 Å². The molecule has 1 unspecified atom stereocenters. The minimum absolute atomic E-state index is 0.117. The van der Waals surface area contributed by atoms with E-state index in [1.807, 2.05) is 13.2 Å². The van der Waals surface area contributed by atoms with Gasteiger partial charge in [0.1, 0.15) is 10.6 Å². The molecule has 1 fully saturated rings. The first-order chi connectivity index (χ1) is 11.9. The van der Waals surface area contributed by atoms with Crippen LogP contribution in [0, 0.1) is 0 Å². The van der Waals surface area contributed by atoms with Gasteiger partial charge in [0.15, 0.2) is 0 Å². The number of carbonyl (C=O) groups excluding carboxylic acids is 1. The molecule has 1 aliphatic heterocycles. The van der Waals surface area contributed by atoms with Gasteiger partial charge in [-0.15, -0.1) is 0 Å². The SMILES string of the molecule is CCOc1ccc(NC(=O)C(C)SC)cc1S(=O)(=O)N1CCCCC1. The first kappa shape index (κ1) is 20.1. The number of amides is 1. The number of hydrogen-bond acceptors (Lipinski definition) is 5. The van der Waals surface area contributed by atoms with Gasteiger partial charge in [0, 0.05) is 18.8 Å². The van der Waals surface area contributed by atoms with E-state index < -0.39 is 10.0 Å². The van der Waals surface area contributed by atoms with Crippen LogP contribution in [0.3, 0.4) is 0 Å². The number of nitrogens with one attached hydrogen (secondary N) is 1. The standard InChI is InChI=1S/C17H26N2O4S2/c1-4-23-15-9-8-14(18-17(20)13(2)24-3)12-16(15)25(21,22)19-10-6-5-7-11-19/h8-9,12-13H,4-7,10-11H2,1-3H3,(H,18,20). The molecule has 140 valence electrons. The van der Waals surface area contributed by atoms with Gasteiger partial charge in [-0.3, -0.25) is 4.79 Å². The van der Waals surface area contributed by atoms with Crippen LogP contribution >= 0.6 is 11.8 Å². The molecule has 1 aromatic rings. The summed E-state index contributed by atoms with van der Waals surface area (Å²) in [5, 5.41) is 2.56. The van der Waals surface area contributed by atoms with Crippen LogP contribution in [-0.4, -0.2) is 49.8 Å². The van der Waals surface area contributed by atoms with Gasteiger partial charge in [-0.2, -0.15) is 16.1 Å². The maximum Gasteiger partial charge on any atom is 0.246 e. The summed E-state index contributed by atoms with van der Waals surface area (Å²) in [6.07, 6.45) is 4.64. The molecule has 0 aliphatic carbocycles. The van der Waals surface area contributed by atoms with E-state index in [4.69, 9.17) is 4.74 Å². The summed E-state index contributed by atoms with van der Waals surface area (Å²) in [7, 11) is -3.65. The van der Waals surface area contributed by atoms with Crippen molar-refractivity contribution < 1.29 is 17.9 Å². The van der Waals surface area contributed by atoms with Crippen molar-refractivity contribution in [1.29, 1.82) is 0 Å². The summed E-state index contributed by atoms with van der Waals surface area (Å²) in [5.74, 6) is 0.168. The van der Waals surface area contributed by atoms with Crippen LogP contribution in [0.25, 0.3) is 0 Å². The number of ether oxygens (including phenoxy) is 1. The molecule has 1 aliphatic rings. The van der Waals surface area contributed by atoms with Gasteiger partial charge >= 0.3 is 0 Å². The molecule has 25 heavy (non-hydrogen) atoms. The minimum atomic E-state index is -3.65. The van der Waals surface area contributed by atoms with Crippen molar-refractivity contribution in [2.75, 3.05) is 31.3 Å². The second kappa shape index (κ2) is 8.91. The normalized spacial score (nSPS) is 17.1. The molecule has 2 rings (SSSR count). The number of benzene rings is 1. The lowest BCUT2D eigenvalue weighted by molar-refractivity contribution is -0.115. The predicted molar refractivity (Wildman–Crippen MR) is 102 cm³/mol. The number of carbonyl (C=O) groups is 1. The molecule has 1 N–H and O–H groups in total. The van der Waals surface area contributed by atoms with Crippen molar-refractivity contribution >= 4 is 33.4 Å². The molecule has 0 radical (unpaired) electrons. The lowest BCUT2D eigenvalue weighted by Gasteiger charge is -2.27. The fourth-order valence-corrected chi connectivity index (χ4v) is 4.60. The highest BCUT2D eigenvalue weighted by Crippen LogP contribution is 2.31. The van der Waals surface area contributed by atoms with Gasteiger partial charge in [-0.25, -0.2) is 8.42 Å². The third kappa shape index (κ3) is 4.89. The summed E-state index contributed by atoms with van der Waals surface area (Å²) >= 11 is 1.43. The smallest absolute Gasteiger partial charge is 0.246 e. The molecule has 0 spiro atoms. The predicted octanol–water partition coefficient (Wildman–Crippen LogP) is 2.95. The molecule has 1 amide bonds. The number of sulfonamides is 1. The van der Waals surface area contributed by atoms with Gasteiger partial charge < -0.3 is 10.1 Å². The lowest BCUT2D eigenvalue weighted by atomic mass is 10.2. The Morgan fingerprint density at radius 1 is 1.32 bits per heavy atom. The van der Waals surface area contributed by atoms with E-state index in [9.17, 15) is 13.2 Å². The van der Waals surface area contributed by atoms with Crippen molar-refractivity contribution in [2.24, 2.45) is 0 Å². The number of nitrogens with zero attached hydrogens (tertiary/aromatic N) is 1. The number of anilines is 1. The van der Waals surface area contributed by atoms with Gasteiger partial charge in [0.05, 0.1) is 11.9 Å². The van der Waals surface area contributed by atoms with Gasteiger partial charge in [0.25, 0.3) is 0 Å². The molecule has 8 heteroatoms. The van der Waals surface area contributed by atoms with E-state index in [0.717, 1.165) is 19.3 Å². The van der Waals surface area contributed by atoms with Gasteiger partial charge in [0.2, 0.25) is 15.9 Å². The summed E-state index contributed by atoms with van der Waals surface area (Å²) < 4.78 is 33.1. The van der Waals surface area contributed by atoms with Crippen LogP contribution < -0.4 is 10.1 Å². The van der Waals surface area contributed by atoms with E-state index in [1.165, 1.54) is 22.1 Å². The third-order valence-corrected chi connectivity index (χ3v) is 7.01. The number of rotatable bonds is 7. The second-order valence-corrected chi connectivity index (χ2v) is 9.01. The van der Waals surface area contributed by atoms with Crippen LogP contribution in [0.4, 0.5) is 5.69 Å². The average molecular weight is 387 g/mol. The van der Waals surface area contributed by atoms with Gasteiger partial charge in [-0.1, -0.05) is 6.42 Å². The molecule has 1 saturated heterocycles. The number of hydrogen-bond donors (Lipinski definition) is 1. The minimum Gasteiger partial charge on any atom is -0.492 e. The van der Waals surface area contributed by atoms with Gasteiger partial charge in [-0.05, 0) is 51.1 Å². The largest absolute Gasteiger partial charge is 0.492 e. The lowest BCUT2D eigenvalue weighted by Crippen LogP contribution is -2.35. The Labute approximate surface area is 154 Å². The second-order valence-electron chi connectivity index (χ2n) is 5.93. The highest BCUT2D eigenvalue weighted by molar-refractivity contribution is 7.99. The average Bonchev–Trinajstić information content (AvgIpc) is 2.63. The Hall–Kier alpha value is -1.25. The van der Waals surface area contributed by atoms with Crippen molar-refractivity contribution in [3.63, 3.8) is 0 Å². The van der Waals surface area contributed by atoms with Crippen molar-refractivity contribution in [1.82, 2.24) is 4.31 Å². The van der Waals surface area contributed by atoms with Crippen LogP contribution in [0.15, 0.2) is 23.1 Å². The zero-order valence-corrected chi connectivity index (χ0v) is 16.6. The van der Waals surface area contributed by atoms with Crippen LogP contribution in [0.1, 0.15) is 33.1 Å². The first-order valence-corrected chi connectivity index (χ1v) is 11.2. The van der Waals surface area contributed by atoms with E-state index in [0.29, 0.717) is 31.1 Å². The fourth-order valence-electron chi connectivity index (χ4n) is 2.66. The molecule has 0 bridgehead atoms.